The van der Waals surface area contributed by atoms with Gasteiger partial charge in [-0.1, -0.05) is 55.1 Å². The van der Waals surface area contributed by atoms with Crippen molar-refractivity contribution >= 4 is 8.58 Å². The maximum atomic E-state index is 4.09. The quantitative estimate of drug-likeness (QED) is 0.564. The molecule has 0 aromatic heterocycles. The molecule has 0 aromatic carbocycles. The van der Waals surface area contributed by atoms with Crippen LogP contribution in [0.5, 0.6) is 0 Å². The molecule has 0 heterocycles. The van der Waals surface area contributed by atoms with Gasteiger partial charge >= 0.3 is 0 Å². The van der Waals surface area contributed by atoms with Crippen LogP contribution in [0.1, 0.15) is 34.6 Å². The molecule has 0 saturated heterocycles. The second kappa shape index (κ2) is 4.93. The average molecular weight is 172 g/mol. The topological polar surface area (TPSA) is 0 Å². The van der Waals surface area contributed by atoms with E-state index >= 15 is 0 Å². The second-order valence-corrected chi connectivity index (χ2v) is 5.70. The van der Waals surface area contributed by atoms with Crippen molar-refractivity contribution in [1.82, 2.24) is 0 Å². The van der Waals surface area contributed by atoms with E-state index in [1.165, 1.54) is 5.31 Å². The average Bonchev–Trinajstić information content (AvgIpc) is 1.87. The van der Waals surface area contributed by atoms with Crippen molar-refractivity contribution in [2.45, 2.75) is 40.3 Å². The lowest BCUT2D eigenvalue weighted by Gasteiger charge is -2.18. The minimum absolute atomic E-state index is 0.662. The third-order valence-corrected chi connectivity index (χ3v) is 4.18. The highest BCUT2D eigenvalue weighted by Crippen LogP contribution is 2.36. The van der Waals surface area contributed by atoms with Gasteiger partial charge in [-0.2, -0.15) is 0 Å². The molecular formula is C10H21P. The van der Waals surface area contributed by atoms with Crippen LogP contribution in [0.15, 0.2) is 11.9 Å². The second-order valence-electron chi connectivity index (χ2n) is 3.86. The summed E-state index contributed by atoms with van der Waals surface area (Å²) < 4.78 is 0. The van der Waals surface area contributed by atoms with Crippen molar-refractivity contribution in [3.05, 3.63) is 11.9 Å². The van der Waals surface area contributed by atoms with Gasteiger partial charge in [-0.25, -0.2) is 0 Å². The maximum absolute atomic E-state index is 4.09. The molecule has 0 aliphatic heterocycles. The summed E-state index contributed by atoms with van der Waals surface area (Å²) in [4.78, 5) is 0. The van der Waals surface area contributed by atoms with Crippen molar-refractivity contribution in [2.75, 3.05) is 0 Å². The predicted octanol–water partition coefficient (Wildman–Crippen LogP) is 3.88. The molecular weight excluding hydrogens is 151 g/mol. The Bertz CT molecular complexity index is 125. The van der Waals surface area contributed by atoms with Crippen LogP contribution in [0.2, 0.25) is 0 Å². The van der Waals surface area contributed by atoms with Gasteiger partial charge in [-0.15, -0.1) is 0 Å². The molecule has 0 fully saturated rings. The van der Waals surface area contributed by atoms with Gasteiger partial charge in [0, 0.05) is 0 Å². The molecule has 2 unspecified atom stereocenters. The van der Waals surface area contributed by atoms with Gasteiger partial charge in [-0.05, 0) is 17.5 Å². The highest BCUT2D eigenvalue weighted by Gasteiger charge is 2.09. The molecule has 0 aliphatic carbocycles. The standard InChI is InChI=1S/C10H21P/c1-7(2)9(5)11-10(6)8(3)4/h7-8,10-11H,5H2,1-4,6H3. The zero-order valence-electron chi connectivity index (χ0n) is 8.44. The van der Waals surface area contributed by atoms with Crippen molar-refractivity contribution in [3.63, 3.8) is 0 Å². The monoisotopic (exact) mass is 172 g/mol. The summed E-state index contributed by atoms with van der Waals surface area (Å²) in [5.74, 6) is 1.46. The number of allylic oxidation sites excluding steroid dienone is 1. The van der Waals surface area contributed by atoms with Crippen molar-refractivity contribution < 1.29 is 0 Å². The van der Waals surface area contributed by atoms with E-state index in [9.17, 15) is 0 Å². The molecule has 0 nitrogen and oxygen atoms in total. The lowest BCUT2D eigenvalue weighted by Crippen LogP contribution is -2.05. The van der Waals surface area contributed by atoms with Crippen LogP contribution in [0.3, 0.4) is 0 Å². The molecule has 0 aliphatic rings. The Morgan fingerprint density at radius 1 is 1.09 bits per heavy atom. The van der Waals surface area contributed by atoms with E-state index in [1.807, 2.05) is 0 Å². The van der Waals surface area contributed by atoms with E-state index in [0.29, 0.717) is 5.92 Å². The number of rotatable bonds is 4. The Balaban J connectivity index is 3.76. The molecule has 0 saturated carbocycles. The van der Waals surface area contributed by atoms with Gasteiger partial charge in [0.05, 0.1) is 0 Å². The smallest absolute Gasteiger partial charge is 0.0205 e. The van der Waals surface area contributed by atoms with Gasteiger partial charge in [0.1, 0.15) is 0 Å². The Morgan fingerprint density at radius 3 is 1.82 bits per heavy atom. The third kappa shape index (κ3) is 4.58. The first-order valence-electron chi connectivity index (χ1n) is 4.40. The molecule has 66 valence electrons. The van der Waals surface area contributed by atoms with Gasteiger partial charge in [-0.3, -0.25) is 0 Å². The minimum atomic E-state index is 0.662. The Morgan fingerprint density at radius 2 is 1.55 bits per heavy atom. The highest BCUT2D eigenvalue weighted by atomic mass is 31.1. The Hall–Kier alpha value is 0.170. The first kappa shape index (κ1) is 11.2. The third-order valence-electron chi connectivity index (χ3n) is 2.11. The summed E-state index contributed by atoms with van der Waals surface area (Å²) in [5, 5.41) is 1.42. The predicted molar refractivity (Wildman–Crippen MR) is 56.6 cm³/mol. The van der Waals surface area contributed by atoms with Crippen LogP contribution >= 0.6 is 8.58 Å². The van der Waals surface area contributed by atoms with Gasteiger partial charge in [0.15, 0.2) is 0 Å². The Kier molecular flexibility index (Phi) is 5.01. The van der Waals surface area contributed by atoms with Crippen molar-refractivity contribution in [1.29, 1.82) is 0 Å². The molecule has 0 amide bonds. The molecule has 0 spiro atoms. The van der Waals surface area contributed by atoms with Gasteiger partial charge < -0.3 is 0 Å². The fraction of sp³-hybridized carbons (Fsp3) is 0.800. The van der Waals surface area contributed by atoms with E-state index in [0.717, 1.165) is 20.2 Å². The summed E-state index contributed by atoms with van der Waals surface area (Å²) in [6, 6.07) is 0. The van der Waals surface area contributed by atoms with E-state index in [1.54, 1.807) is 0 Å². The normalized spacial score (nSPS) is 15.2. The van der Waals surface area contributed by atoms with Crippen LogP contribution in [0.25, 0.3) is 0 Å². The molecule has 11 heavy (non-hydrogen) atoms. The van der Waals surface area contributed by atoms with Crippen LogP contribution < -0.4 is 0 Å². The highest BCUT2D eigenvalue weighted by molar-refractivity contribution is 7.43. The number of hydrogen-bond acceptors (Lipinski definition) is 0. The van der Waals surface area contributed by atoms with E-state index in [-0.39, 0.29) is 0 Å². The minimum Gasteiger partial charge on any atom is -0.0953 e. The molecule has 0 radical (unpaired) electrons. The van der Waals surface area contributed by atoms with E-state index in [4.69, 9.17) is 0 Å². The van der Waals surface area contributed by atoms with E-state index < -0.39 is 0 Å². The van der Waals surface area contributed by atoms with Gasteiger partial charge in [0.2, 0.25) is 0 Å². The fourth-order valence-corrected chi connectivity index (χ4v) is 1.88. The summed E-state index contributed by atoms with van der Waals surface area (Å²) in [6.45, 7) is 15.4. The zero-order valence-corrected chi connectivity index (χ0v) is 9.44. The summed E-state index contributed by atoms with van der Waals surface area (Å²) in [7, 11) is 0.946. The summed E-state index contributed by atoms with van der Waals surface area (Å²) in [6.07, 6.45) is 0. The summed E-state index contributed by atoms with van der Waals surface area (Å²) >= 11 is 0. The Labute approximate surface area is 73.2 Å². The molecule has 0 N–H and O–H groups in total. The molecule has 0 aromatic rings. The number of hydrogen-bond donors (Lipinski definition) is 0. The lowest BCUT2D eigenvalue weighted by atomic mass is 10.1. The maximum Gasteiger partial charge on any atom is -0.0205 e. The van der Waals surface area contributed by atoms with Crippen LogP contribution in [0, 0.1) is 11.8 Å². The summed E-state index contributed by atoms with van der Waals surface area (Å²) in [5.41, 5.74) is 0.810. The van der Waals surface area contributed by atoms with Gasteiger partial charge in [0.25, 0.3) is 0 Å². The van der Waals surface area contributed by atoms with E-state index in [2.05, 4.69) is 41.2 Å². The van der Waals surface area contributed by atoms with Crippen LogP contribution in [0.4, 0.5) is 0 Å². The SMILES string of the molecule is C=C(PC(C)C(C)C)C(C)C. The molecule has 2 atom stereocenters. The largest absolute Gasteiger partial charge is 0.0953 e. The van der Waals surface area contributed by atoms with Crippen molar-refractivity contribution in [3.8, 4) is 0 Å². The molecule has 0 rings (SSSR count). The zero-order chi connectivity index (χ0) is 9.02. The first-order valence-corrected chi connectivity index (χ1v) is 5.48. The van der Waals surface area contributed by atoms with Crippen LogP contribution in [-0.2, 0) is 0 Å². The molecule has 1 heteroatoms. The van der Waals surface area contributed by atoms with Crippen molar-refractivity contribution in [2.24, 2.45) is 11.8 Å². The first-order chi connectivity index (χ1) is 4.95. The fourth-order valence-electron chi connectivity index (χ4n) is 0.626. The van der Waals surface area contributed by atoms with Crippen LogP contribution in [-0.4, -0.2) is 5.66 Å². The lowest BCUT2D eigenvalue weighted by molar-refractivity contribution is 0.637. The molecule has 0 bridgehead atoms.